The predicted octanol–water partition coefficient (Wildman–Crippen LogP) is 3.76. The third-order valence-electron chi connectivity index (χ3n) is 2.63. The smallest absolute Gasteiger partial charge is 0.125 e. The lowest BCUT2D eigenvalue weighted by molar-refractivity contribution is 0.628. The summed E-state index contributed by atoms with van der Waals surface area (Å²) in [6.45, 7) is 0. The molecule has 0 aliphatic rings. The minimum atomic E-state index is -0.314. The maximum absolute atomic E-state index is 13.1. The van der Waals surface area contributed by atoms with Crippen LogP contribution in [0.1, 0.15) is 0 Å². The van der Waals surface area contributed by atoms with Gasteiger partial charge in [-0.3, -0.25) is 0 Å². The van der Waals surface area contributed by atoms with Crippen LogP contribution in [0.15, 0.2) is 41.9 Å². The first kappa shape index (κ1) is 11.0. The number of rotatable bonds is 2. The van der Waals surface area contributed by atoms with Gasteiger partial charge in [0.2, 0.25) is 0 Å². The Labute approximate surface area is 107 Å². The SMILES string of the molecule is Nc1ccc(F)cc1Nc1ccc2ncsc2c1. The summed E-state index contributed by atoms with van der Waals surface area (Å²) in [5, 5.41) is 3.11. The Kier molecular flexibility index (Phi) is 2.60. The van der Waals surface area contributed by atoms with Gasteiger partial charge in [0.15, 0.2) is 0 Å². The van der Waals surface area contributed by atoms with E-state index in [1.807, 2.05) is 18.2 Å². The van der Waals surface area contributed by atoms with Crippen molar-refractivity contribution in [1.29, 1.82) is 0 Å². The second-order valence-corrected chi connectivity index (χ2v) is 4.78. The van der Waals surface area contributed by atoms with Crippen LogP contribution in [0.3, 0.4) is 0 Å². The topological polar surface area (TPSA) is 50.9 Å². The summed E-state index contributed by atoms with van der Waals surface area (Å²) in [5.41, 5.74) is 10.5. The molecule has 0 unspecified atom stereocenters. The van der Waals surface area contributed by atoms with Crippen LogP contribution in [-0.4, -0.2) is 4.98 Å². The van der Waals surface area contributed by atoms with E-state index in [1.54, 1.807) is 22.9 Å². The van der Waals surface area contributed by atoms with E-state index in [9.17, 15) is 4.39 Å². The van der Waals surface area contributed by atoms with Gasteiger partial charge < -0.3 is 11.1 Å². The number of benzene rings is 2. The first-order valence-corrected chi connectivity index (χ1v) is 6.26. The van der Waals surface area contributed by atoms with Crippen molar-refractivity contribution in [3.05, 3.63) is 47.7 Å². The molecule has 3 aromatic rings. The molecule has 0 bridgehead atoms. The van der Waals surface area contributed by atoms with Crippen molar-refractivity contribution in [2.24, 2.45) is 0 Å². The number of nitrogen functional groups attached to an aromatic ring is 1. The van der Waals surface area contributed by atoms with Gasteiger partial charge in [0.1, 0.15) is 5.82 Å². The quantitative estimate of drug-likeness (QED) is 0.689. The van der Waals surface area contributed by atoms with Crippen molar-refractivity contribution in [3.63, 3.8) is 0 Å². The van der Waals surface area contributed by atoms with Crippen molar-refractivity contribution >= 4 is 38.6 Å². The van der Waals surface area contributed by atoms with E-state index in [0.29, 0.717) is 11.4 Å². The highest BCUT2D eigenvalue weighted by molar-refractivity contribution is 7.16. The Morgan fingerprint density at radius 2 is 2.06 bits per heavy atom. The maximum atomic E-state index is 13.1. The molecule has 3 rings (SSSR count). The molecule has 0 atom stereocenters. The molecule has 3 nitrogen and oxygen atoms in total. The standard InChI is InChI=1S/C13H10FN3S/c14-8-1-3-10(15)12(5-8)17-9-2-4-11-13(6-9)18-7-16-11/h1-7,17H,15H2. The molecule has 3 N–H and O–H groups in total. The molecule has 18 heavy (non-hydrogen) atoms. The molecule has 2 aromatic carbocycles. The van der Waals surface area contributed by atoms with E-state index in [-0.39, 0.29) is 5.82 Å². The number of hydrogen-bond acceptors (Lipinski definition) is 4. The van der Waals surface area contributed by atoms with Crippen molar-refractivity contribution < 1.29 is 4.39 Å². The molecule has 1 heterocycles. The number of anilines is 3. The molecule has 0 aliphatic carbocycles. The monoisotopic (exact) mass is 259 g/mol. The Balaban J connectivity index is 1.97. The molecule has 5 heteroatoms. The first-order valence-electron chi connectivity index (χ1n) is 5.38. The number of thiazole rings is 1. The molecular weight excluding hydrogens is 249 g/mol. The summed E-state index contributed by atoms with van der Waals surface area (Å²) in [4.78, 5) is 4.20. The molecule has 0 amide bonds. The second kappa shape index (κ2) is 4.27. The summed E-state index contributed by atoms with van der Waals surface area (Å²) in [6, 6.07) is 10.1. The van der Waals surface area contributed by atoms with Gasteiger partial charge >= 0.3 is 0 Å². The van der Waals surface area contributed by atoms with Gasteiger partial charge in [-0.25, -0.2) is 9.37 Å². The summed E-state index contributed by atoms with van der Waals surface area (Å²) < 4.78 is 14.2. The molecule has 0 spiro atoms. The number of halogens is 1. The van der Waals surface area contributed by atoms with Gasteiger partial charge in [0.25, 0.3) is 0 Å². The Morgan fingerprint density at radius 1 is 1.17 bits per heavy atom. The fourth-order valence-corrected chi connectivity index (χ4v) is 2.44. The molecule has 0 saturated heterocycles. The number of nitrogens with one attached hydrogen (secondary N) is 1. The fourth-order valence-electron chi connectivity index (χ4n) is 1.73. The van der Waals surface area contributed by atoms with Gasteiger partial charge in [-0.1, -0.05) is 0 Å². The van der Waals surface area contributed by atoms with E-state index < -0.39 is 0 Å². The lowest BCUT2D eigenvalue weighted by Gasteiger charge is -2.09. The molecular formula is C13H10FN3S. The van der Waals surface area contributed by atoms with Crippen molar-refractivity contribution in [3.8, 4) is 0 Å². The highest BCUT2D eigenvalue weighted by Crippen LogP contribution is 2.27. The number of fused-ring (bicyclic) bond motifs is 1. The molecule has 0 radical (unpaired) electrons. The normalized spacial score (nSPS) is 10.7. The van der Waals surface area contributed by atoms with Gasteiger partial charge in [-0.15, -0.1) is 11.3 Å². The van der Waals surface area contributed by atoms with Crippen LogP contribution in [0, 0.1) is 5.82 Å². The largest absolute Gasteiger partial charge is 0.397 e. The number of nitrogens with zero attached hydrogens (tertiary/aromatic N) is 1. The predicted molar refractivity (Wildman–Crippen MR) is 73.7 cm³/mol. The average molecular weight is 259 g/mol. The summed E-state index contributed by atoms with van der Waals surface area (Å²) in [6.07, 6.45) is 0. The molecule has 0 fully saturated rings. The molecule has 1 aromatic heterocycles. The number of nitrogens with two attached hydrogens (primary N) is 1. The average Bonchev–Trinajstić information content (AvgIpc) is 2.81. The Morgan fingerprint density at radius 3 is 2.94 bits per heavy atom. The van der Waals surface area contributed by atoms with Crippen LogP contribution in [0.4, 0.5) is 21.5 Å². The zero-order chi connectivity index (χ0) is 12.5. The van der Waals surface area contributed by atoms with Gasteiger partial charge in [0, 0.05) is 5.69 Å². The van der Waals surface area contributed by atoms with Crippen LogP contribution in [0.5, 0.6) is 0 Å². The highest BCUT2D eigenvalue weighted by atomic mass is 32.1. The zero-order valence-electron chi connectivity index (χ0n) is 9.35. The number of aromatic nitrogens is 1. The van der Waals surface area contributed by atoms with Crippen molar-refractivity contribution in [2.45, 2.75) is 0 Å². The minimum Gasteiger partial charge on any atom is -0.397 e. The van der Waals surface area contributed by atoms with E-state index in [2.05, 4.69) is 10.3 Å². The van der Waals surface area contributed by atoms with Crippen LogP contribution in [-0.2, 0) is 0 Å². The van der Waals surface area contributed by atoms with Crippen molar-refractivity contribution in [2.75, 3.05) is 11.1 Å². The molecule has 0 aliphatic heterocycles. The Bertz CT molecular complexity index is 708. The summed E-state index contributed by atoms with van der Waals surface area (Å²) >= 11 is 1.56. The zero-order valence-corrected chi connectivity index (χ0v) is 10.2. The van der Waals surface area contributed by atoms with Gasteiger partial charge in [0.05, 0.1) is 27.1 Å². The Hall–Kier alpha value is -2.14. The highest BCUT2D eigenvalue weighted by Gasteiger charge is 2.03. The maximum Gasteiger partial charge on any atom is 0.125 e. The van der Waals surface area contributed by atoms with Crippen LogP contribution < -0.4 is 11.1 Å². The second-order valence-electron chi connectivity index (χ2n) is 3.89. The van der Waals surface area contributed by atoms with E-state index in [4.69, 9.17) is 5.73 Å². The van der Waals surface area contributed by atoms with Crippen molar-refractivity contribution in [1.82, 2.24) is 4.98 Å². The lowest BCUT2D eigenvalue weighted by atomic mass is 10.2. The van der Waals surface area contributed by atoms with Crippen LogP contribution in [0.2, 0.25) is 0 Å². The van der Waals surface area contributed by atoms with E-state index in [0.717, 1.165) is 15.9 Å². The third-order valence-corrected chi connectivity index (χ3v) is 3.42. The van der Waals surface area contributed by atoms with Crippen LogP contribution >= 0.6 is 11.3 Å². The minimum absolute atomic E-state index is 0.314. The summed E-state index contributed by atoms with van der Waals surface area (Å²) in [5.74, 6) is -0.314. The van der Waals surface area contributed by atoms with Crippen LogP contribution in [0.25, 0.3) is 10.2 Å². The van der Waals surface area contributed by atoms with E-state index >= 15 is 0 Å². The summed E-state index contributed by atoms with van der Waals surface area (Å²) in [7, 11) is 0. The van der Waals surface area contributed by atoms with Gasteiger partial charge in [-0.05, 0) is 36.4 Å². The van der Waals surface area contributed by atoms with E-state index in [1.165, 1.54) is 12.1 Å². The molecule has 0 saturated carbocycles. The first-order chi connectivity index (χ1) is 8.72. The molecule has 90 valence electrons. The lowest BCUT2D eigenvalue weighted by Crippen LogP contribution is -1.96. The van der Waals surface area contributed by atoms with Gasteiger partial charge in [-0.2, -0.15) is 0 Å². The third kappa shape index (κ3) is 2.00. The fraction of sp³-hybridized carbons (Fsp3) is 0. The number of hydrogen-bond donors (Lipinski definition) is 2.